The lowest BCUT2D eigenvalue weighted by molar-refractivity contribution is 0.149. The first kappa shape index (κ1) is 11.6. The van der Waals surface area contributed by atoms with Crippen LogP contribution in [0.25, 0.3) is 0 Å². The molecule has 1 N–H and O–H groups in total. The predicted octanol–water partition coefficient (Wildman–Crippen LogP) is 2.57. The standard InChI is InChI=1S/C10H18N2OS/c1-4-7(3)6-9(13)10-8(5-2)11-12-14-10/h7,9,13H,4-6H2,1-3H3. The number of rotatable bonds is 5. The molecule has 3 nitrogen and oxygen atoms in total. The van der Waals surface area contributed by atoms with Crippen molar-refractivity contribution in [3.63, 3.8) is 0 Å². The summed E-state index contributed by atoms with van der Waals surface area (Å²) in [6.45, 7) is 6.34. The first-order valence-corrected chi connectivity index (χ1v) is 5.95. The van der Waals surface area contributed by atoms with Gasteiger partial charge in [0.25, 0.3) is 0 Å². The monoisotopic (exact) mass is 214 g/mol. The van der Waals surface area contributed by atoms with Gasteiger partial charge in [-0.1, -0.05) is 31.7 Å². The molecule has 1 aromatic heterocycles. The molecule has 1 rings (SSSR count). The third kappa shape index (κ3) is 2.75. The third-order valence-corrected chi connectivity index (χ3v) is 3.41. The van der Waals surface area contributed by atoms with Crippen molar-refractivity contribution in [2.45, 2.75) is 46.1 Å². The lowest BCUT2D eigenvalue weighted by Crippen LogP contribution is -2.04. The van der Waals surface area contributed by atoms with Gasteiger partial charge < -0.3 is 5.11 Å². The van der Waals surface area contributed by atoms with Gasteiger partial charge in [-0.25, -0.2) is 0 Å². The summed E-state index contributed by atoms with van der Waals surface area (Å²) in [7, 11) is 0. The van der Waals surface area contributed by atoms with Gasteiger partial charge in [-0.3, -0.25) is 0 Å². The van der Waals surface area contributed by atoms with E-state index in [4.69, 9.17) is 0 Å². The Balaban J connectivity index is 2.64. The molecule has 1 aromatic rings. The van der Waals surface area contributed by atoms with Crippen LogP contribution in [0.2, 0.25) is 0 Å². The maximum atomic E-state index is 9.95. The lowest BCUT2D eigenvalue weighted by atomic mass is 9.99. The van der Waals surface area contributed by atoms with E-state index in [1.54, 1.807) is 0 Å². The Morgan fingerprint density at radius 2 is 2.14 bits per heavy atom. The van der Waals surface area contributed by atoms with Crippen LogP contribution in [0.3, 0.4) is 0 Å². The molecule has 4 heteroatoms. The van der Waals surface area contributed by atoms with Crippen LogP contribution in [-0.4, -0.2) is 14.7 Å². The van der Waals surface area contributed by atoms with E-state index in [1.807, 2.05) is 6.92 Å². The summed E-state index contributed by atoms with van der Waals surface area (Å²) in [4.78, 5) is 0.952. The Kier molecular flexibility index (Phi) is 4.48. The Hall–Kier alpha value is -0.480. The number of hydrogen-bond acceptors (Lipinski definition) is 4. The van der Waals surface area contributed by atoms with Crippen LogP contribution in [0, 0.1) is 5.92 Å². The second-order valence-corrected chi connectivity index (χ2v) is 4.49. The third-order valence-electron chi connectivity index (χ3n) is 2.55. The van der Waals surface area contributed by atoms with E-state index in [1.165, 1.54) is 11.5 Å². The molecule has 2 unspecified atom stereocenters. The first-order chi connectivity index (χ1) is 6.69. The van der Waals surface area contributed by atoms with E-state index < -0.39 is 0 Å². The molecule has 0 aromatic carbocycles. The van der Waals surface area contributed by atoms with Gasteiger partial charge in [-0.15, -0.1) is 5.10 Å². The molecule has 0 radical (unpaired) electrons. The van der Waals surface area contributed by atoms with Gasteiger partial charge in [0, 0.05) is 0 Å². The van der Waals surface area contributed by atoms with Crippen LogP contribution in [0.4, 0.5) is 0 Å². The van der Waals surface area contributed by atoms with Crippen LogP contribution in [0.1, 0.15) is 50.3 Å². The zero-order valence-electron chi connectivity index (χ0n) is 9.03. The molecule has 1 heterocycles. The molecule has 0 aliphatic heterocycles. The van der Waals surface area contributed by atoms with Crippen molar-refractivity contribution in [1.29, 1.82) is 0 Å². The van der Waals surface area contributed by atoms with Gasteiger partial charge >= 0.3 is 0 Å². The molecule has 0 amide bonds. The minimum absolute atomic E-state index is 0.375. The second kappa shape index (κ2) is 5.41. The molecule has 0 bridgehead atoms. The van der Waals surface area contributed by atoms with E-state index >= 15 is 0 Å². The highest BCUT2D eigenvalue weighted by atomic mass is 32.1. The SMILES string of the molecule is CCc1nnsc1C(O)CC(C)CC. The molecule has 0 saturated heterocycles. The van der Waals surface area contributed by atoms with E-state index in [0.29, 0.717) is 5.92 Å². The van der Waals surface area contributed by atoms with E-state index in [2.05, 4.69) is 23.4 Å². The summed E-state index contributed by atoms with van der Waals surface area (Å²) in [6, 6.07) is 0. The molecule has 0 saturated carbocycles. The van der Waals surface area contributed by atoms with Crippen LogP contribution in [0.15, 0.2) is 0 Å². The van der Waals surface area contributed by atoms with Crippen LogP contribution in [0.5, 0.6) is 0 Å². The normalized spacial score (nSPS) is 15.4. The molecule has 0 aliphatic carbocycles. The molecule has 80 valence electrons. The fraction of sp³-hybridized carbons (Fsp3) is 0.800. The summed E-state index contributed by atoms with van der Waals surface area (Å²) in [5, 5.41) is 14.0. The Morgan fingerprint density at radius 1 is 1.43 bits per heavy atom. The van der Waals surface area contributed by atoms with Crippen molar-refractivity contribution in [2.75, 3.05) is 0 Å². The Morgan fingerprint density at radius 3 is 2.71 bits per heavy atom. The lowest BCUT2D eigenvalue weighted by Gasteiger charge is -2.13. The zero-order valence-corrected chi connectivity index (χ0v) is 9.84. The average molecular weight is 214 g/mol. The van der Waals surface area contributed by atoms with Crippen LogP contribution < -0.4 is 0 Å². The Bertz CT molecular complexity index is 275. The van der Waals surface area contributed by atoms with Gasteiger partial charge in [0.05, 0.1) is 16.7 Å². The minimum atomic E-state index is -0.375. The maximum Gasteiger partial charge on any atom is 0.0919 e. The summed E-state index contributed by atoms with van der Waals surface area (Å²) in [5.41, 5.74) is 0.950. The Labute approximate surface area is 89.3 Å². The fourth-order valence-corrected chi connectivity index (χ4v) is 2.10. The smallest absolute Gasteiger partial charge is 0.0919 e. The van der Waals surface area contributed by atoms with Crippen molar-refractivity contribution in [2.24, 2.45) is 5.92 Å². The van der Waals surface area contributed by atoms with Gasteiger partial charge in [0.2, 0.25) is 0 Å². The highest BCUT2D eigenvalue weighted by Crippen LogP contribution is 2.27. The summed E-state index contributed by atoms with van der Waals surface area (Å²) < 4.78 is 3.88. The number of aliphatic hydroxyl groups is 1. The maximum absolute atomic E-state index is 9.95. The highest BCUT2D eigenvalue weighted by Gasteiger charge is 2.17. The van der Waals surface area contributed by atoms with Gasteiger partial charge in [-0.2, -0.15) is 0 Å². The molecule has 0 fully saturated rings. The quantitative estimate of drug-likeness (QED) is 0.819. The molecular formula is C10H18N2OS. The minimum Gasteiger partial charge on any atom is -0.387 e. The molecule has 14 heavy (non-hydrogen) atoms. The fourth-order valence-electron chi connectivity index (χ4n) is 1.37. The largest absolute Gasteiger partial charge is 0.387 e. The molecule has 0 aliphatic rings. The van der Waals surface area contributed by atoms with Crippen molar-refractivity contribution in [3.05, 3.63) is 10.6 Å². The van der Waals surface area contributed by atoms with Crippen molar-refractivity contribution in [1.82, 2.24) is 9.59 Å². The van der Waals surface area contributed by atoms with Gasteiger partial charge in [-0.05, 0) is 30.3 Å². The summed E-state index contributed by atoms with van der Waals surface area (Å²) >= 11 is 1.32. The summed E-state index contributed by atoms with van der Waals surface area (Å²) in [5.74, 6) is 0.553. The van der Waals surface area contributed by atoms with E-state index in [0.717, 1.165) is 29.8 Å². The number of aliphatic hydroxyl groups excluding tert-OH is 1. The predicted molar refractivity (Wildman–Crippen MR) is 58.3 cm³/mol. The second-order valence-electron chi connectivity index (χ2n) is 3.70. The number of hydrogen-bond donors (Lipinski definition) is 1. The van der Waals surface area contributed by atoms with Crippen molar-refractivity contribution in [3.8, 4) is 0 Å². The van der Waals surface area contributed by atoms with Crippen LogP contribution >= 0.6 is 11.5 Å². The topological polar surface area (TPSA) is 46.0 Å². The molecular weight excluding hydrogens is 196 g/mol. The molecule has 0 spiro atoms. The zero-order chi connectivity index (χ0) is 10.6. The first-order valence-electron chi connectivity index (χ1n) is 5.18. The van der Waals surface area contributed by atoms with Gasteiger partial charge in [0.15, 0.2) is 0 Å². The van der Waals surface area contributed by atoms with Gasteiger partial charge in [0.1, 0.15) is 0 Å². The molecule has 2 atom stereocenters. The highest BCUT2D eigenvalue weighted by molar-refractivity contribution is 7.05. The van der Waals surface area contributed by atoms with Crippen molar-refractivity contribution < 1.29 is 5.11 Å². The van der Waals surface area contributed by atoms with E-state index in [9.17, 15) is 5.11 Å². The van der Waals surface area contributed by atoms with Crippen LogP contribution in [-0.2, 0) is 6.42 Å². The number of nitrogens with zero attached hydrogens (tertiary/aromatic N) is 2. The number of aryl methyl sites for hydroxylation is 1. The summed E-state index contributed by atoms with van der Waals surface area (Å²) in [6.07, 6.45) is 2.39. The average Bonchev–Trinajstić information content (AvgIpc) is 2.65. The van der Waals surface area contributed by atoms with E-state index in [-0.39, 0.29) is 6.10 Å². The van der Waals surface area contributed by atoms with Crippen molar-refractivity contribution >= 4 is 11.5 Å². The number of aromatic nitrogens is 2.